The molecule has 1 atom stereocenters. The second-order valence-electron chi connectivity index (χ2n) is 3.76. The van der Waals surface area contributed by atoms with Crippen molar-refractivity contribution >= 4 is 12.6 Å². The Morgan fingerprint density at radius 2 is 1.73 bits per heavy atom. The lowest BCUT2D eigenvalue weighted by Gasteiger charge is -2.14. The maximum atomic E-state index is 4.26. The predicted octanol–water partition coefficient (Wildman–Crippen LogP) is 3.77. The van der Waals surface area contributed by atoms with Crippen LogP contribution in [-0.2, 0) is 0 Å². The van der Waals surface area contributed by atoms with Crippen molar-refractivity contribution in [2.75, 3.05) is 5.75 Å². The van der Waals surface area contributed by atoms with Crippen LogP contribution in [0.5, 0.6) is 0 Å². The average Bonchev–Trinajstić information content (AvgIpc) is 1.97. The fourth-order valence-corrected chi connectivity index (χ4v) is 1.67. The molecule has 0 rings (SSSR count). The summed E-state index contributed by atoms with van der Waals surface area (Å²) in [4.78, 5) is 0. The highest BCUT2D eigenvalue weighted by molar-refractivity contribution is 7.80. The maximum absolute atomic E-state index is 4.26. The molecule has 0 bridgehead atoms. The molecule has 0 N–H and O–H groups in total. The van der Waals surface area contributed by atoms with E-state index in [1.807, 2.05) is 0 Å². The summed E-state index contributed by atoms with van der Waals surface area (Å²) in [7, 11) is 0. The summed E-state index contributed by atoms with van der Waals surface area (Å²) in [6.45, 7) is 6.88. The zero-order chi connectivity index (χ0) is 8.69. The van der Waals surface area contributed by atoms with Gasteiger partial charge in [-0.15, -0.1) is 0 Å². The molecule has 1 unspecified atom stereocenters. The van der Waals surface area contributed by atoms with E-state index in [-0.39, 0.29) is 0 Å². The maximum Gasteiger partial charge on any atom is -0.00953 e. The highest BCUT2D eigenvalue weighted by Gasteiger charge is 2.05. The molecule has 0 aromatic heterocycles. The van der Waals surface area contributed by atoms with Crippen LogP contribution in [0.15, 0.2) is 0 Å². The molecule has 0 heterocycles. The topological polar surface area (TPSA) is 0 Å². The summed E-state index contributed by atoms with van der Waals surface area (Å²) in [6.07, 6.45) is 5.40. The van der Waals surface area contributed by atoms with Crippen LogP contribution in [0.2, 0.25) is 0 Å². The van der Waals surface area contributed by atoms with E-state index in [4.69, 9.17) is 0 Å². The zero-order valence-electron chi connectivity index (χ0n) is 8.14. The van der Waals surface area contributed by atoms with Gasteiger partial charge in [-0.2, -0.15) is 12.6 Å². The Hall–Kier alpha value is 0.350. The van der Waals surface area contributed by atoms with Gasteiger partial charge in [-0.25, -0.2) is 0 Å². The highest BCUT2D eigenvalue weighted by Crippen LogP contribution is 2.18. The Morgan fingerprint density at radius 3 is 2.09 bits per heavy atom. The van der Waals surface area contributed by atoms with Crippen LogP contribution in [0.3, 0.4) is 0 Å². The molecule has 0 radical (unpaired) electrons. The van der Waals surface area contributed by atoms with Gasteiger partial charge in [-0.05, 0) is 24.0 Å². The van der Waals surface area contributed by atoms with Crippen LogP contribution in [0, 0.1) is 11.8 Å². The van der Waals surface area contributed by atoms with Crippen LogP contribution in [0.4, 0.5) is 0 Å². The lowest BCUT2D eigenvalue weighted by atomic mass is 9.94. The number of hydrogen-bond acceptors (Lipinski definition) is 1. The van der Waals surface area contributed by atoms with Crippen LogP contribution >= 0.6 is 12.6 Å². The lowest BCUT2D eigenvalue weighted by Crippen LogP contribution is -2.01. The monoisotopic (exact) mass is 174 g/mol. The van der Waals surface area contributed by atoms with Crippen LogP contribution < -0.4 is 0 Å². The smallest absolute Gasteiger partial charge is 0.00953 e. The molecule has 1 heteroatoms. The Kier molecular flexibility index (Phi) is 7.25. The quantitative estimate of drug-likeness (QED) is 0.582. The molecular weight excluding hydrogens is 152 g/mol. The SMILES string of the molecule is CCC(CCS)CCC(C)C. The van der Waals surface area contributed by atoms with Crippen molar-refractivity contribution in [3.05, 3.63) is 0 Å². The van der Waals surface area contributed by atoms with E-state index in [2.05, 4.69) is 33.4 Å². The first-order valence-corrected chi connectivity index (χ1v) is 5.44. The third-order valence-corrected chi connectivity index (χ3v) is 2.53. The summed E-state index contributed by atoms with van der Waals surface area (Å²) in [6, 6.07) is 0. The van der Waals surface area contributed by atoms with Crippen molar-refractivity contribution in [2.24, 2.45) is 11.8 Å². The van der Waals surface area contributed by atoms with E-state index in [9.17, 15) is 0 Å². The van der Waals surface area contributed by atoms with Gasteiger partial charge in [0, 0.05) is 0 Å². The second-order valence-corrected chi connectivity index (χ2v) is 4.20. The minimum atomic E-state index is 0.865. The normalized spacial score (nSPS) is 13.9. The van der Waals surface area contributed by atoms with Gasteiger partial charge in [0.1, 0.15) is 0 Å². The molecule has 11 heavy (non-hydrogen) atoms. The molecule has 0 aromatic carbocycles. The fraction of sp³-hybridized carbons (Fsp3) is 1.00. The summed E-state index contributed by atoms with van der Waals surface area (Å²) in [5, 5.41) is 0. The van der Waals surface area contributed by atoms with Gasteiger partial charge in [-0.1, -0.05) is 40.0 Å². The molecule has 0 saturated heterocycles. The number of thiol groups is 1. The number of rotatable bonds is 6. The third kappa shape index (κ3) is 6.74. The summed E-state index contributed by atoms with van der Waals surface area (Å²) < 4.78 is 0. The van der Waals surface area contributed by atoms with E-state index in [0.717, 1.165) is 17.6 Å². The summed E-state index contributed by atoms with van der Waals surface area (Å²) in [5.41, 5.74) is 0. The minimum Gasteiger partial charge on any atom is -0.179 e. The summed E-state index contributed by atoms with van der Waals surface area (Å²) >= 11 is 4.26. The van der Waals surface area contributed by atoms with Crippen molar-refractivity contribution in [1.82, 2.24) is 0 Å². The van der Waals surface area contributed by atoms with Crippen molar-refractivity contribution < 1.29 is 0 Å². The molecule has 0 aliphatic carbocycles. The van der Waals surface area contributed by atoms with Gasteiger partial charge in [0.15, 0.2) is 0 Å². The van der Waals surface area contributed by atoms with Gasteiger partial charge < -0.3 is 0 Å². The Bertz CT molecular complexity index is 78.9. The van der Waals surface area contributed by atoms with Gasteiger partial charge in [0.25, 0.3) is 0 Å². The molecule has 0 nitrogen and oxygen atoms in total. The molecule has 0 aromatic rings. The van der Waals surface area contributed by atoms with Crippen molar-refractivity contribution in [3.63, 3.8) is 0 Å². The standard InChI is InChI=1S/C10H22S/c1-4-10(7-8-11)6-5-9(2)3/h9-11H,4-8H2,1-3H3. The molecule has 0 fully saturated rings. The second kappa shape index (κ2) is 7.02. The van der Waals surface area contributed by atoms with Gasteiger partial charge >= 0.3 is 0 Å². The molecule has 0 saturated carbocycles. The molecule has 0 aliphatic rings. The van der Waals surface area contributed by atoms with Gasteiger partial charge in [0.05, 0.1) is 0 Å². The predicted molar refractivity (Wildman–Crippen MR) is 56.3 cm³/mol. The molecule has 0 spiro atoms. The third-order valence-electron chi connectivity index (χ3n) is 2.27. The Labute approximate surface area is 77.2 Å². The van der Waals surface area contributed by atoms with E-state index in [1.165, 1.54) is 25.7 Å². The Balaban J connectivity index is 3.35. The fourth-order valence-electron chi connectivity index (χ4n) is 1.30. The van der Waals surface area contributed by atoms with E-state index in [0.29, 0.717) is 0 Å². The molecule has 0 amide bonds. The van der Waals surface area contributed by atoms with Gasteiger partial charge in [0.2, 0.25) is 0 Å². The van der Waals surface area contributed by atoms with Crippen molar-refractivity contribution in [3.8, 4) is 0 Å². The molecule has 0 aliphatic heterocycles. The zero-order valence-corrected chi connectivity index (χ0v) is 9.03. The number of hydrogen-bond donors (Lipinski definition) is 1. The van der Waals surface area contributed by atoms with Crippen LogP contribution in [-0.4, -0.2) is 5.75 Å². The van der Waals surface area contributed by atoms with E-state index < -0.39 is 0 Å². The first-order valence-electron chi connectivity index (χ1n) is 4.81. The highest BCUT2D eigenvalue weighted by atomic mass is 32.1. The van der Waals surface area contributed by atoms with Crippen molar-refractivity contribution in [2.45, 2.75) is 46.5 Å². The summed E-state index contributed by atoms with van der Waals surface area (Å²) in [5.74, 6) is 2.84. The lowest BCUT2D eigenvalue weighted by molar-refractivity contribution is 0.406. The molecule has 68 valence electrons. The average molecular weight is 174 g/mol. The van der Waals surface area contributed by atoms with Gasteiger partial charge in [-0.3, -0.25) is 0 Å². The largest absolute Gasteiger partial charge is 0.179 e. The Morgan fingerprint density at radius 1 is 1.09 bits per heavy atom. The molecular formula is C10H22S. The van der Waals surface area contributed by atoms with Crippen LogP contribution in [0.25, 0.3) is 0 Å². The first-order chi connectivity index (χ1) is 5.20. The first kappa shape index (κ1) is 11.4. The minimum absolute atomic E-state index is 0.865. The van der Waals surface area contributed by atoms with E-state index >= 15 is 0 Å². The van der Waals surface area contributed by atoms with E-state index in [1.54, 1.807) is 0 Å². The van der Waals surface area contributed by atoms with Crippen molar-refractivity contribution in [1.29, 1.82) is 0 Å². The van der Waals surface area contributed by atoms with Crippen LogP contribution in [0.1, 0.15) is 46.5 Å².